The zero-order valence-corrected chi connectivity index (χ0v) is 16.2. The normalized spacial score (nSPS) is 10.5. The monoisotopic (exact) mass is 411 g/mol. The van der Waals surface area contributed by atoms with Gasteiger partial charge in [-0.2, -0.15) is 0 Å². The highest BCUT2D eigenvalue weighted by molar-refractivity contribution is 6.11. The molecule has 2 amide bonds. The number of pyridine rings is 1. The summed E-state index contributed by atoms with van der Waals surface area (Å²) in [5, 5.41) is 10.7. The molecule has 0 atom stereocenters. The minimum Gasteiger partial charge on any atom is -0.505 e. The molecule has 0 bridgehead atoms. The average Bonchev–Trinajstić information content (AvgIpc) is 2.73. The number of hydrogen-bond donors (Lipinski definition) is 3. The van der Waals surface area contributed by atoms with Crippen molar-refractivity contribution in [3.8, 4) is 5.75 Å². The molecule has 0 radical (unpaired) electrons. The van der Waals surface area contributed by atoms with E-state index in [4.69, 9.17) is 0 Å². The minimum atomic E-state index is -0.847. The van der Waals surface area contributed by atoms with Gasteiger partial charge in [-0.15, -0.1) is 0 Å². The third kappa shape index (κ3) is 4.35. The van der Waals surface area contributed by atoms with Crippen molar-refractivity contribution < 1.29 is 28.6 Å². The van der Waals surface area contributed by atoms with E-state index < -0.39 is 23.5 Å². The largest absolute Gasteiger partial charge is 0.505 e. The van der Waals surface area contributed by atoms with Crippen LogP contribution in [0.1, 0.15) is 38.8 Å². The summed E-state index contributed by atoms with van der Waals surface area (Å²) in [6.07, 6.45) is 1.89. The lowest BCUT2D eigenvalue weighted by Gasteiger charge is -2.13. The number of ether oxygens (including phenoxy) is 1. The summed E-state index contributed by atoms with van der Waals surface area (Å²) in [7, 11) is 1.14. The molecular weight excluding hydrogens is 393 g/mol. The summed E-state index contributed by atoms with van der Waals surface area (Å²) in [5.41, 5.74) is 5.69. The van der Waals surface area contributed by atoms with Gasteiger partial charge in [0, 0.05) is 18.5 Å². The number of carbonyl (C=O) groups excluding carboxylic acids is 3. The van der Waals surface area contributed by atoms with E-state index in [0.29, 0.717) is 12.0 Å². The predicted octanol–water partition coefficient (Wildman–Crippen LogP) is 2.24. The molecule has 3 rings (SSSR count). The van der Waals surface area contributed by atoms with Gasteiger partial charge in [-0.3, -0.25) is 25.4 Å². The van der Waals surface area contributed by atoms with Gasteiger partial charge in [0.25, 0.3) is 5.91 Å². The van der Waals surface area contributed by atoms with Crippen molar-refractivity contribution in [3.05, 3.63) is 70.7 Å². The Labute approximate surface area is 170 Å². The van der Waals surface area contributed by atoms with E-state index in [1.54, 1.807) is 18.2 Å². The van der Waals surface area contributed by atoms with E-state index in [9.17, 15) is 23.9 Å². The molecule has 3 aromatic rings. The van der Waals surface area contributed by atoms with Gasteiger partial charge in [-0.25, -0.2) is 9.18 Å². The molecule has 8 nitrogen and oxygen atoms in total. The summed E-state index contributed by atoms with van der Waals surface area (Å²) in [6.45, 7) is 1.22. The Morgan fingerprint density at radius 3 is 2.40 bits per heavy atom. The summed E-state index contributed by atoms with van der Waals surface area (Å²) in [4.78, 5) is 40.0. The number of aromatic nitrogens is 1. The van der Waals surface area contributed by atoms with Crippen LogP contribution in [0.2, 0.25) is 0 Å². The highest BCUT2D eigenvalue weighted by Gasteiger charge is 2.22. The molecule has 0 fully saturated rings. The Morgan fingerprint density at radius 1 is 1.07 bits per heavy atom. The number of phenolic OH excluding ortho intramolecular Hbond substituents is 1. The lowest BCUT2D eigenvalue weighted by atomic mass is 9.99. The number of halogens is 1. The van der Waals surface area contributed by atoms with Crippen LogP contribution < -0.4 is 10.9 Å². The summed E-state index contributed by atoms with van der Waals surface area (Å²) in [5.74, 6) is -2.83. The Hall–Kier alpha value is -4.01. The minimum absolute atomic E-state index is 0.00501. The third-order valence-electron chi connectivity index (χ3n) is 4.33. The van der Waals surface area contributed by atoms with E-state index in [1.165, 1.54) is 31.3 Å². The lowest BCUT2D eigenvalue weighted by Crippen LogP contribution is -2.40. The van der Waals surface area contributed by atoms with Crippen LogP contribution in [0.3, 0.4) is 0 Å². The zero-order chi connectivity index (χ0) is 21.8. The average molecular weight is 411 g/mol. The summed E-state index contributed by atoms with van der Waals surface area (Å²) in [6, 6.07) is 8.73. The molecule has 1 heterocycles. The van der Waals surface area contributed by atoms with Crippen LogP contribution in [0, 0.1) is 5.82 Å². The first-order valence-electron chi connectivity index (χ1n) is 8.84. The van der Waals surface area contributed by atoms with E-state index in [1.807, 2.05) is 0 Å². The standard InChI is InChI=1S/C21H18FN3O5/c1-11(26)24-25-20(28)16-9-17(21(29)30-2)19(27)18-15(16)8-13(10-23-18)7-12-3-5-14(22)6-4-12/h3-6,8-10,27H,7H2,1-2H3,(H,24,26)(H,25,28). The first kappa shape index (κ1) is 20.7. The number of benzene rings is 2. The van der Waals surface area contributed by atoms with Crippen LogP contribution in [-0.4, -0.2) is 35.0 Å². The molecule has 0 spiro atoms. The number of nitrogens with one attached hydrogen (secondary N) is 2. The molecule has 0 unspecified atom stereocenters. The Kier molecular flexibility index (Phi) is 5.91. The molecule has 0 aliphatic rings. The first-order chi connectivity index (χ1) is 14.3. The van der Waals surface area contributed by atoms with Crippen molar-refractivity contribution in [2.24, 2.45) is 0 Å². The number of hydrazine groups is 1. The van der Waals surface area contributed by atoms with Crippen molar-refractivity contribution in [1.29, 1.82) is 0 Å². The molecule has 0 saturated carbocycles. The van der Waals surface area contributed by atoms with Crippen molar-refractivity contribution >= 4 is 28.7 Å². The number of methoxy groups -OCH3 is 1. The molecular formula is C21H18FN3O5. The van der Waals surface area contributed by atoms with Gasteiger partial charge < -0.3 is 9.84 Å². The van der Waals surface area contributed by atoms with Gasteiger partial charge >= 0.3 is 5.97 Å². The SMILES string of the molecule is COC(=O)c1cc(C(=O)NNC(C)=O)c2cc(Cc3ccc(F)cc3)cnc2c1O. The molecule has 1 aromatic heterocycles. The lowest BCUT2D eigenvalue weighted by molar-refractivity contribution is -0.119. The summed E-state index contributed by atoms with van der Waals surface area (Å²) >= 11 is 0. The van der Waals surface area contributed by atoms with E-state index in [0.717, 1.165) is 12.7 Å². The second kappa shape index (κ2) is 8.56. The number of hydrogen-bond acceptors (Lipinski definition) is 6. The molecule has 0 saturated heterocycles. The van der Waals surface area contributed by atoms with Crippen LogP contribution in [0.15, 0.2) is 42.6 Å². The first-order valence-corrected chi connectivity index (χ1v) is 8.84. The van der Waals surface area contributed by atoms with Crippen LogP contribution in [0.25, 0.3) is 10.9 Å². The van der Waals surface area contributed by atoms with E-state index in [2.05, 4.69) is 20.6 Å². The number of phenols is 1. The fourth-order valence-electron chi connectivity index (χ4n) is 2.92. The Morgan fingerprint density at radius 2 is 1.77 bits per heavy atom. The van der Waals surface area contributed by atoms with E-state index in [-0.39, 0.29) is 27.8 Å². The topological polar surface area (TPSA) is 118 Å². The Bertz CT molecular complexity index is 1150. The number of nitrogens with zero attached hydrogens (tertiary/aromatic N) is 1. The number of aromatic hydroxyl groups is 1. The molecule has 0 aliphatic carbocycles. The van der Waals surface area contributed by atoms with Gasteiger partial charge in [0.2, 0.25) is 5.91 Å². The second-order valence-corrected chi connectivity index (χ2v) is 6.49. The van der Waals surface area contributed by atoms with Gasteiger partial charge in [0.15, 0.2) is 5.75 Å². The summed E-state index contributed by atoms with van der Waals surface area (Å²) < 4.78 is 17.8. The van der Waals surface area contributed by atoms with Gasteiger partial charge in [0.1, 0.15) is 16.9 Å². The fourth-order valence-corrected chi connectivity index (χ4v) is 2.92. The van der Waals surface area contributed by atoms with Crippen LogP contribution in [0.5, 0.6) is 5.75 Å². The zero-order valence-electron chi connectivity index (χ0n) is 16.2. The number of amides is 2. The highest BCUT2D eigenvalue weighted by Crippen LogP contribution is 2.32. The molecule has 0 aliphatic heterocycles. The Balaban J connectivity index is 2.11. The highest BCUT2D eigenvalue weighted by atomic mass is 19.1. The number of esters is 1. The van der Waals surface area contributed by atoms with Crippen LogP contribution >= 0.6 is 0 Å². The predicted molar refractivity (Wildman–Crippen MR) is 105 cm³/mol. The van der Waals surface area contributed by atoms with E-state index >= 15 is 0 Å². The van der Waals surface area contributed by atoms with Crippen molar-refractivity contribution in [3.63, 3.8) is 0 Å². The fraction of sp³-hybridized carbons (Fsp3) is 0.143. The quantitative estimate of drug-likeness (QED) is 0.448. The van der Waals surface area contributed by atoms with Gasteiger partial charge in [0.05, 0.1) is 12.7 Å². The van der Waals surface area contributed by atoms with Gasteiger partial charge in [-0.05, 0) is 41.8 Å². The maximum atomic E-state index is 13.1. The smallest absolute Gasteiger partial charge is 0.341 e. The number of fused-ring (bicyclic) bond motifs is 1. The molecule has 2 aromatic carbocycles. The van der Waals surface area contributed by atoms with Gasteiger partial charge in [-0.1, -0.05) is 12.1 Å². The molecule has 30 heavy (non-hydrogen) atoms. The van der Waals surface area contributed by atoms with Crippen molar-refractivity contribution in [2.45, 2.75) is 13.3 Å². The number of carbonyl (C=O) groups is 3. The number of rotatable bonds is 4. The van der Waals surface area contributed by atoms with Crippen LogP contribution in [-0.2, 0) is 16.0 Å². The third-order valence-corrected chi connectivity index (χ3v) is 4.33. The maximum Gasteiger partial charge on any atom is 0.341 e. The van der Waals surface area contributed by atoms with Crippen LogP contribution in [0.4, 0.5) is 4.39 Å². The molecule has 3 N–H and O–H groups in total. The van der Waals surface area contributed by atoms with Crippen molar-refractivity contribution in [2.75, 3.05) is 7.11 Å². The maximum absolute atomic E-state index is 13.1. The molecule has 9 heteroatoms. The van der Waals surface area contributed by atoms with Crippen molar-refractivity contribution in [1.82, 2.24) is 15.8 Å². The second-order valence-electron chi connectivity index (χ2n) is 6.49. The molecule has 154 valence electrons.